The SMILES string of the molecule is CCC(C)n1ccc(Cn2cccc2C(N)=S)n1. The van der Waals surface area contributed by atoms with E-state index in [1.807, 2.05) is 39.8 Å². The molecule has 0 aliphatic heterocycles. The summed E-state index contributed by atoms with van der Waals surface area (Å²) in [6.07, 6.45) is 5.06. The third-order valence-corrected chi connectivity index (χ3v) is 3.33. The standard InChI is InChI=1S/C13H18N4S/c1-3-10(2)17-8-6-11(15-17)9-16-7-4-5-12(16)13(14)18/h4-8,10H,3,9H2,1-2H3,(H2,14,18). The summed E-state index contributed by atoms with van der Waals surface area (Å²) >= 11 is 5.02. The van der Waals surface area contributed by atoms with E-state index in [-0.39, 0.29) is 0 Å². The molecule has 0 radical (unpaired) electrons. The monoisotopic (exact) mass is 262 g/mol. The molecule has 2 N–H and O–H groups in total. The Kier molecular flexibility index (Phi) is 3.81. The van der Waals surface area contributed by atoms with Gasteiger partial charge in [-0.3, -0.25) is 4.68 Å². The minimum absolute atomic E-state index is 0.418. The lowest BCUT2D eigenvalue weighted by molar-refractivity contribution is 0.472. The number of thiocarbonyl (C=S) groups is 1. The van der Waals surface area contributed by atoms with Crippen LogP contribution in [0.2, 0.25) is 0 Å². The van der Waals surface area contributed by atoms with E-state index in [2.05, 4.69) is 18.9 Å². The molecule has 0 amide bonds. The van der Waals surface area contributed by atoms with Crippen molar-refractivity contribution < 1.29 is 0 Å². The van der Waals surface area contributed by atoms with Crippen LogP contribution in [0.15, 0.2) is 30.6 Å². The Morgan fingerprint density at radius 1 is 1.44 bits per heavy atom. The number of hydrogen-bond acceptors (Lipinski definition) is 2. The van der Waals surface area contributed by atoms with Crippen LogP contribution < -0.4 is 5.73 Å². The fraction of sp³-hybridized carbons (Fsp3) is 0.385. The first-order chi connectivity index (χ1) is 8.61. The molecule has 1 atom stereocenters. The lowest BCUT2D eigenvalue weighted by Gasteiger charge is -2.09. The Morgan fingerprint density at radius 3 is 2.89 bits per heavy atom. The van der Waals surface area contributed by atoms with Crippen molar-refractivity contribution >= 4 is 17.2 Å². The van der Waals surface area contributed by atoms with Crippen LogP contribution in [0.25, 0.3) is 0 Å². The Labute approximate surface area is 112 Å². The zero-order valence-corrected chi connectivity index (χ0v) is 11.5. The van der Waals surface area contributed by atoms with E-state index in [0.29, 0.717) is 17.6 Å². The Morgan fingerprint density at radius 2 is 2.22 bits per heavy atom. The van der Waals surface area contributed by atoms with Gasteiger partial charge in [-0.15, -0.1) is 0 Å². The second kappa shape index (κ2) is 5.35. The Balaban J connectivity index is 2.16. The first kappa shape index (κ1) is 12.8. The predicted octanol–water partition coefficient (Wildman–Crippen LogP) is 2.34. The second-order valence-electron chi connectivity index (χ2n) is 4.43. The van der Waals surface area contributed by atoms with Gasteiger partial charge in [0.2, 0.25) is 0 Å². The molecule has 0 fully saturated rings. The summed E-state index contributed by atoms with van der Waals surface area (Å²) in [5, 5.41) is 4.57. The highest BCUT2D eigenvalue weighted by atomic mass is 32.1. The molecular weight excluding hydrogens is 244 g/mol. The quantitative estimate of drug-likeness (QED) is 0.841. The fourth-order valence-electron chi connectivity index (χ4n) is 1.84. The van der Waals surface area contributed by atoms with Gasteiger partial charge in [-0.2, -0.15) is 5.10 Å². The molecule has 2 aromatic heterocycles. The van der Waals surface area contributed by atoms with Gasteiger partial charge < -0.3 is 10.3 Å². The molecule has 0 bridgehead atoms. The van der Waals surface area contributed by atoms with E-state index in [9.17, 15) is 0 Å². The number of nitrogens with zero attached hydrogens (tertiary/aromatic N) is 3. The summed E-state index contributed by atoms with van der Waals surface area (Å²) in [5.41, 5.74) is 7.57. The van der Waals surface area contributed by atoms with Crippen LogP contribution in [0.3, 0.4) is 0 Å². The van der Waals surface area contributed by atoms with Gasteiger partial charge in [-0.25, -0.2) is 0 Å². The van der Waals surface area contributed by atoms with Gasteiger partial charge in [-0.05, 0) is 31.5 Å². The van der Waals surface area contributed by atoms with E-state index >= 15 is 0 Å². The highest BCUT2D eigenvalue weighted by Crippen LogP contribution is 2.11. The lowest BCUT2D eigenvalue weighted by atomic mass is 10.3. The van der Waals surface area contributed by atoms with E-state index < -0.39 is 0 Å². The molecule has 2 aromatic rings. The summed E-state index contributed by atoms with van der Waals surface area (Å²) in [5.74, 6) is 0. The van der Waals surface area contributed by atoms with Crippen molar-refractivity contribution in [1.29, 1.82) is 0 Å². The molecule has 2 heterocycles. The van der Waals surface area contributed by atoms with Gasteiger partial charge in [0, 0.05) is 18.4 Å². The van der Waals surface area contributed by atoms with Crippen LogP contribution in [-0.2, 0) is 6.54 Å². The van der Waals surface area contributed by atoms with Crippen LogP contribution in [0.5, 0.6) is 0 Å². The molecule has 4 nitrogen and oxygen atoms in total. The molecule has 0 saturated carbocycles. The minimum atomic E-state index is 0.418. The van der Waals surface area contributed by atoms with Crippen molar-refractivity contribution in [3.8, 4) is 0 Å². The zero-order chi connectivity index (χ0) is 13.1. The van der Waals surface area contributed by atoms with Crippen molar-refractivity contribution in [2.75, 3.05) is 0 Å². The maximum Gasteiger partial charge on any atom is 0.120 e. The van der Waals surface area contributed by atoms with Crippen LogP contribution in [0.4, 0.5) is 0 Å². The van der Waals surface area contributed by atoms with Gasteiger partial charge >= 0.3 is 0 Å². The Hall–Kier alpha value is -1.62. The molecule has 0 aliphatic rings. The highest BCUT2D eigenvalue weighted by Gasteiger charge is 2.08. The molecule has 2 rings (SSSR count). The molecule has 1 unspecified atom stereocenters. The summed E-state index contributed by atoms with van der Waals surface area (Å²) in [7, 11) is 0. The minimum Gasteiger partial charge on any atom is -0.388 e. The van der Waals surface area contributed by atoms with Gasteiger partial charge in [0.15, 0.2) is 0 Å². The van der Waals surface area contributed by atoms with Crippen molar-refractivity contribution in [1.82, 2.24) is 14.3 Å². The van der Waals surface area contributed by atoms with Crippen molar-refractivity contribution in [3.63, 3.8) is 0 Å². The normalized spacial score (nSPS) is 12.6. The van der Waals surface area contributed by atoms with Gasteiger partial charge in [0.05, 0.1) is 17.9 Å². The van der Waals surface area contributed by atoms with E-state index in [4.69, 9.17) is 18.0 Å². The van der Waals surface area contributed by atoms with Gasteiger partial charge in [0.1, 0.15) is 4.99 Å². The van der Waals surface area contributed by atoms with Crippen LogP contribution in [0, 0.1) is 0 Å². The fourth-order valence-corrected chi connectivity index (χ4v) is 2.03. The molecule has 0 spiro atoms. The molecule has 5 heteroatoms. The van der Waals surface area contributed by atoms with Crippen LogP contribution in [0.1, 0.15) is 37.7 Å². The largest absolute Gasteiger partial charge is 0.388 e. The van der Waals surface area contributed by atoms with Crippen LogP contribution >= 0.6 is 12.2 Å². The highest BCUT2D eigenvalue weighted by molar-refractivity contribution is 7.80. The number of rotatable bonds is 5. The number of aromatic nitrogens is 3. The predicted molar refractivity (Wildman–Crippen MR) is 76.7 cm³/mol. The molecular formula is C13H18N4S. The molecule has 0 saturated heterocycles. The van der Waals surface area contributed by atoms with E-state index in [1.165, 1.54) is 0 Å². The van der Waals surface area contributed by atoms with Gasteiger partial charge in [-0.1, -0.05) is 19.1 Å². The molecule has 0 aromatic carbocycles. The summed E-state index contributed by atoms with van der Waals surface area (Å²) in [6, 6.07) is 6.34. The maximum atomic E-state index is 5.67. The van der Waals surface area contributed by atoms with E-state index in [0.717, 1.165) is 17.8 Å². The Bertz CT molecular complexity index is 541. The molecule has 0 aliphatic carbocycles. The maximum absolute atomic E-state index is 5.67. The second-order valence-corrected chi connectivity index (χ2v) is 4.87. The molecule has 18 heavy (non-hydrogen) atoms. The first-order valence-electron chi connectivity index (χ1n) is 6.10. The third-order valence-electron chi connectivity index (χ3n) is 3.12. The average molecular weight is 262 g/mol. The lowest BCUT2D eigenvalue weighted by Crippen LogP contribution is -2.16. The average Bonchev–Trinajstić information content (AvgIpc) is 2.97. The number of nitrogens with two attached hydrogens (primary N) is 1. The van der Waals surface area contributed by atoms with Crippen LogP contribution in [-0.4, -0.2) is 19.3 Å². The van der Waals surface area contributed by atoms with Gasteiger partial charge in [0.25, 0.3) is 0 Å². The summed E-state index contributed by atoms with van der Waals surface area (Å²) in [4.78, 5) is 0.418. The summed E-state index contributed by atoms with van der Waals surface area (Å²) in [6.45, 7) is 5.01. The van der Waals surface area contributed by atoms with E-state index in [1.54, 1.807) is 0 Å². The molecule has 96 valence electrons. The third kappa shape index (κ3) is 2.61. The first-order valence-corrected chi connectivity index (χ1v) is 6.51. The van der Waals surface area contributed by atoms with Crippen molar-refractivity contribution in [2.45, 2.75) is 32.9 Å². The smallest absolute Gasteiger partial charge is 0.120 e. The van der Waals surface area contributed by atoms with Crippen molar-refractivity contribution in [2.24, 2.45) is 5.73 Å². The summed E-state index contributed by atoms with van der Waals surface area (Å²) < 4.78 is 4.02. The topological polar surface area (TPSA) is 48.8 Å². The van der Waals surface area contributed by atoms with Crippen molar-refractivity contribution in [3.05, 3.63) is 42.0 Å². The number of hydrogen-bond donors (Lipinski definition) is 1. The zero-order valence-electron chi connectivity index (χ0n) is 10.7.